The molecule has 2 nitrogen and oxygen atoms in total. The molecule has 3 heteroatoms. The number of rotatable bonds is 2. The zero-order chi connectivity index (χ0) is 12.9. The van der Waals surface area contributed by atoms with Crippen LogP contribution in [-0.2, 0) is 6.42 Å². The fraction of sp³-hybridized carbons (Fsp3) is 0.500. The van der Waals surface area contributed by atoms with Gasteiger partial charge in [-0.1, -0.05) is 18.2 Å². The third-order valence-electron chi connectivity index (χ3n) is 4.67. The van der Waals surface area contributed by atoms with Crippen LogP contribution in [0.15, 0.2) is 29.6 Å². The molecular formula is C16H19NOS. The van der Waals surface area contributed by atoms with Crippen LogP contribution in [0.4, 0.5) is 0 Å². The van der Waals surface area contributed by atoms with Gasteiger partial charge in [0, 0.05) is 23.2 Å². The molecule has 2 atom stereocenters. The van der Waals surface area contributed by atoms with Crippen LogP contribution >= 0.6 is 11.3 Å². The van der Waals surface area contributed by atoms with Crippen molar-refractivity contribution in [3.05, 3.63) is 35.2 Å². The summed E-state index contributed by atoms with van der Waals surface area (Å²) in [5.41, 5.74) is 0.824. The summed E-state index contributed by atoms with van der Waals surface area (Å²) < 4.78 is 1.33. The van der Waals surface area contributed by atoms with E-state index in [0.29, 0.717) is 12.1 Å². The lowest BCUT2D eigenvalue weighted by Gasteiger charge is -2.37. The maximum Gasteiger partial charge on any atom is 0.0718 e. The van der Waals surface area contributed by atoms with E-state index in [1.165, 1.54) is 28.5 Å². The Morgan fingerprint density at radius 3 is 2.74 bits per heavy atom. The lowest BCUT2D eigenvalue weighted by Crippen LogP contribution is -2.49. The van der Waals surface area contributed by atoms with Crippen LogP contribution in [0.2, 0.25) is 0 Å². The minimum Gasteiger partial charge on any atom is -0.389 e. The first kappa shape index (κ1) is 11.9. The second kappa shape index (κ2) is 4.30. The van der Waals surface area contributed by atoms with Gasteiger partial charge in [0.15, 0.2) is 0 Å². The van der Waals surface area contributed by atoms with Crippen molar-refractivity contribution in [3.8, 4) is 0 Å². The van der Waals surface area contributed by atoms with E-state index in [9.17, 15) is 5.11 Å². The third kappa shape index (κ3) is 2.10. The van der Waals surface area contributed by atoms with Crippen LogP contribution in [0.1, 0.15) is 31.2 Å². The summed E-state index contributed by atoms with van der Waals surface area (Å²) in [6.07, 6.45) is 5.10. The number of thiophene rings is 1. The fourth-order valence-electron chi connectivity index (χ4n) is 3.89. The SMILES string of the molecule is OC1(Cc2csc3ccccc23)CC2CCC(C1)N2. The Labute approximate surface area is 117 Å². The quantitative estimate of drug-likeness (QED) is 0.881. The molecule has 2 unspecified atom stereocenters. The molecule has 1 aromatic carbocycles. The van der Waals surface area contributed by atoms with E-state index in [1.807, 2.05) is 0 Å². The molecule has 2 fully saturated rings. The van der Waals surface area contributed by atoms with Crippen molar-refractivity contribution in [2.45, 2.75) is 49.8 Å². The molecule has 2 aliphatic rings. The summed E-state index contributed by atoms with van der Waals surface area (Å²) in [6.45, 7) is 0. The minimum absolute atomic E-state index is 0.499. The predicted octanol–water partition coefficient (Wildman–Crippen LogP) is 3.09. The van der Waals surface area contributed by atoms with Crippen molar-refractivity contribution < 1.29 is 5.11 Å². The second-order valence-corrected chi connectivity index (χ2v) is 7.12. The van der Waals surface area contributed by atoms with E-state index in [-0.39, 0.29) is 0 Å². The number of fused-ring (bicyclic) bond motifs is 3. The zero-order valence-electron chi connectivity index (χ0n) is 10.9. The Balaban J connectivity index is 1.64. The van der Waals surface area contributed by atoms with Crippen LogP contribution in [0, 0.1) is 0 Å². The Morgan fingerprint density at radius 1 is 1.21 bits per heavy atom. The molecule has 2 bridgehead atoms. The van der Waals surface area contributed by atoms with Gasteiger partial charge in [-0.05, 0) is 48.1 Å². The standard InChI is InChI=1S/C16H19NOS/c18-16(8-12-5-6-13(9-16)17-12)7-11-10-19-15-4-2-1-3-14(11)15/h1-4,10,12-13,17-18H,5-9H2. The van der Waals surface area contributed by atoms with Crippen LogP contribution in [0.5, 0.6) is 0 Å². The number of aliphatic hydroxyl groups is 1. The molecule has 1 aromatic heterocycles. The maximum atomic E-state index is 10.9. The van der Waals surface area contributed by atoms with Crippen LogP contribution in [0.25, 0.3) is 10.1 Å². The second-order valence-electron chi connectivity index (χ2n) is 6.20. The van der Waals surface area contributed by atoms with E-state index in [1.54, 1.807) is 11.3 Å². The van der Waals surface area contributed by atoms with E-state index >= 15 is 0 Å². The molecule has 0 aliphatic carbocycles. The summed E-state index contributed by atoms with van der Waals surface area (Å²) >= 11 is 1.79. The first-order valence-corrected chi connectivity index (χ1v) is 8.03. The van der Waals surface area contributed by atoms with Crippen LogP contribution in [0.3, 0.4) is 0 Å². The van der Waals surface area contributed by atoms with Crippen molar-refractivity contribution in [2.24, 2.45) is 0 Å². The van der Waals surface area contributed by atoms with Gasteiger partial charge in [-0.3, -0.25) is 0 Å². The van der Waals surface area contributed by atoms with Crippen molar-refractivity contribution in [2.75, 3.05) is 0 Å². The lowest BCUT2D eigenvalue weighted by atomic mass is 9.82. The van der Waals surface area contributed by atoms with Gasteiger partial charge in [0.2, 0.25) is 0 Å². The highest BCUT2D eigenvalue weighted by Crippen LogP contribution is 2.38. The molecule has 2 saturated heterocycles. The Hall–Kier alpha value is -0.900. The highest BCUT2D eigenvalue weighted by atomic mass is 32.1. The van der Waals surface area contributed by atoms with Crippen molar-refractivity contribution in [3.63, 3.8) is 0 Å². The summed E-state index contributed by atoms with van der Waals surface area (Å²) in [7, 11) is 0. The van der Waals surface area contributed by atoms with Gasteiger partial charge in [0.1, 0.15) is 0 Å². The number of hydrogen-bond donors (Lipinski definition) is 2. The topological polar surface area (TPSA) is 32.3 Å². The molecule has 0 amide bonds. The molecule has 0 radical (unpaired) electrons. The van der Waals surface area contributed by atoms with Crippen molar-refractivity contribution in [1.29, 1.82) is 0 Å². The normalized spacial score (nSPS) is 33.9. The van der Waals surface area contributed by atoms with Crippen molar-refractivity contribution in [1.82, 2.24) is 5.32 Å². The van der Waals surface area contributed by atoms with Gasteiger partial charge in [-0.25, -0.2) is 0 Å². The largest absolute Gasteiger partial charge is 0.389 e. The molecule has 19 heavy (non-hydrogen) atoms. The van der Waals surface area contributed by atoms with E-state index in [0.717, 1.165) is 19.3 Å². The van der Waals surface area contributed by atoms with Crippen LogP contribution < -0.4 is 5.32 Å². The molecule has 2 aromatic rings. The highest BCUT2D eigenvalue weighted by Gasteiger charge is 2.42. The maximum absolute atomic E-state index is 10.9. The van der Waals surface area contributed by atoms with E-state index in [2.05, 4.69) is 35.0 Å². The van der Waals surface area contributed by atoms with E-state index < -0.39 is 5.60 Å². The first-order valence-electron chi connectivity index (χ1n) is 7.15. The number of hydrogen-bond acceptors (Lipinski definition) is 3. The molecule has 4 rings (SSSR count). The lowest BCUT2D eigenvalue weighted by molar-refractivity contribution is -0.00575. The van der Waals surface area contributed by atoms with Gasteiger partial charge in [-0.2, -0.15) is 0 Å². The predicted molar refractivity (Wildman–Crippen MR) is 79.7 cm³/mol. The number of piperidine rings is 1. The third-order valence-corrected chi connectivity index (χ3v) is 5.68. The average Bonchev–Trinajstić information content (AvgIpc) is 2.94. The average molecular weight is 273 g/mol. The molecule has 0 saturated carbocycles. The van der Waals surface area contributed by atoms with Gasteiger partial charge in [0.25, 0.3) is 0 Å². The molecule has 2 aliphatic heterocycles. The van der Waals surface area contributed by atoms with Gasteiger partial charge >= 0.3 is 0 Å². The number of nitrogens with one attached hydrogen (secondary N) is 1. The molecule has 0 spiro atoms. The summed E-state index contributed by atoms with van der Waals surface area (Å²) in [5, 5.41) is 18.1. The summed E-state index contributed by atoms with van der Waals surface area (Å²) in [6, 6.07) is 9.60. The van der Waals surface area contributed by atoms with Crippen LogP contribution in [-0.4, -0.2) is 22.8 Å². The Morgan fingerprint density at radius 2 is 1.95 bits per heavy atom. The minimum atomic E-state index is -0.499. The zero-order valence-corrected chi connectivity index (χ0v) is 11.7. The van der Waals surface area contributed by atoms with Gasteiger partial charge < -0.3 is 10.4 Å². The molecular weight excluding hydrogens is 254 g/mol. The molecule has 100 valence electrons. The van der Waals surface area contributed by atoms with E-state index in [4.69, 9.17) is 0 Å². The molecule has 2 N–H and O–H groups in total. The summed E-state index contributed by atoms with van der Waals surface area (Å²) in [5.74, 6) is 0. The first-order chi connectivity index (χ1) is 9.22. The van der Waals surface area contributed by atoms with Crippen molar-refractivity contribution >= 4 is 21.4 Å². The molecule has 3 heterocycles. The van der Waals surface area contributed by atoms with Gasteiger partial charge in [-0.15, -0.1) is 11.3 Å². The fourth-order valence-corrected chi connectivity index (χ4v) is 4.86. The smallest absolute Gasteiger partial charge is 0.0718 e. The Kier molecular flexibility index (Phi) is 2.69. The summed E-state index contributed by atoms with van der Waals surface area (Å²) in [4.78, 5) is 0. The number of benzene rings is 1. The van der Waals surface area contributed by atoms with Gasteiger partial charge in [0.05, 0.1) is 5.60 Å². The monoisotopic (exact) mass is 273 g/mol. The highest BCUT2D eigenvalue weighted by molar-refractivity contribution is 7.17. The Bertz CT molecular complexity index is 594.